The van der Waals surface area contributed by atoms with Gasteiger partial charge < -0.3 is 10.5 Å². The Bertz CT molecular complexity index is 173. The predicted octanol–water partition coefficient (Wildman–Crippen LogP) is 0.360. The second-order valence-electron chi connectivity index (χ2n) is 2.45. The van der Waals surface area contributed by atoms with E-state index in [-0.39, 0.29) is 12.5 Å². The van der Waals surface area contributed by atoms with Crippen molar-refractivity contribution >= 4 is 22.9 Å². The summed E-state index contributed by atoms with van der Waals surface area (Å²) in [6.45, 7) is 1.98. The van der Waals surface area contributed by atoms with Crippen molar-refractivity contribution in [2.45, 2.75) is 19.4 Å². The Morgan fingerprint density at radius 1 is 1.82 bits per heavy atom. The molecule has 0 aliphatic carbocycles. The molecule has 0 aromatic rings. The molecule has 1 heterocycles. The van der Waals surface area contributed by atoms with E-state index in [0.717, 1.165) is 5.57 Å². The smallest absolute Gasteiger partial charge is 0.195 e. The standard InChI is InChI=1S/C6H12IN3O/c1-4-3-10(7)6(11-2)9-5(4)8/h3,5-6,9H,8H2,1-2H3. The fraction of sp³-hybridized carbons (Fsp3) is 0.667. The zero-order chi connectivity index (χ0) is 8.43. The Hall–Kier alpha value is 0.150. The third kappa shape index (κ3) is 2.05. The van der Waals surface area contributed by atoms with Crippen LogP contribution in [-0.2, 0) is 4.74 Å². The van der Waals surface area contributed by atoms with Crippen LogP contribution < -0.4 is 11.1 Å². The third-order valence-electron chi connectivity index (χ3n) is 1.59. The van der Waals surface area contributed by atoms with Gasteiger partial charge >= 0.3 is 0 Å². The molecule has 1 aliphatic heterocycles. The molecule has 1 aliphatic rings. The number of methoxy groups -OCH3 is 1. The summed E-state index contributed by atoms with van der Waals surface area (Å²) in [6.07, 6.45) is 1.76. The third-order valence-corrected chi connectivity index (χ3v) is 2.37. The SMILES string of the molecule is COC1NC(N)C(C)=CN1I. The zero-order valence-corrected chi connectivity index (χ0v) is 8.70. The van der Waals surface area contributed by atoms with Crippen molar-refractivity contribution in [2.75, 3.05) is 7.11 Å². The normalized spacial score (nSPS) is 32.0. The van der Waals surface area contributed by atoms with Gasteiger partial charge in [-0.3, -0.25) is 8.43 Å². The highest BCUT2D eigenvalue weighted by atomic mass is 127. The van der Waals surface area contributed by atoms with Crippen LogP contribution in [0.2, 0.25) is 0 Å². The van der Waals surface area contributed by atoms with Crippen LogP contribution >= 0.6 is 22.9 Å². The molecule has 0 aromatic heterocycles. The van der Waals surface area contributed by atoms with E-state index in [1.54, 1.807) is 7.11 Å². The average molecular weight is 269 g/mol. The van der Waals surface area contributed by atoms with Crippen molar-refractivity contribution in [1.82, 2.24) is 8.43 Å². The highest BCUT2D eigenvalue weighted by molar-refractivity contribution is 14.1. The highest BCUT2D eigenvalue weighted by Crippen LogP contribution is 2.15. The molecule has 0 amide bonds. The summed E-state index contributed by atoms with van der Waals surface area (Å²) < 4.78 is 7.02. The van der Waals surface area contributed by atoms with Crippen LogP contribution in [-0.4, -0.2) is 22.7 Å². The van der Waals surface area contributed by atoms with Crippen molar-refractivity contribution in [1.29, 1.82) is 0 Å². The van der Waals surface area contributed by atoms with Gasteiger partial charge in [-0.1, -0.05) is 0 Å². The first-order valence-corrected chi connectivity index (χ1v) is 4.28. The topological polar surface area (TPSA) is 50.5 Å². The molecule has 5 heteroatoms. The first-order chi connectivity index (χ1) is 5.15. The van der Waals surface area contributed by atoms with Crippen molar-refractivity contribution < 1.29 is 4.74 Å². The quantitative estimate of drug-likeness (QED) is 0.533. The lowest BCUT2D eigenvalue weighted by Gasteiger charge is -2.32. The van der Waals surface area contributed by atoms with Gasteiger partial charge in [-0.2, -0.15) is 0 Å². The van der Waals surface area contributed by atoms with E-state index in [1.165, 1.54) is 0 Å². The lowest BCUT2D eigenvalue weighted by molar-refractivity contribution is 0.00860. The van der Waals surface area contributed by atoms with E-state index < -0.39 is 0 Å². The number of halogens is 1. The first kappa shape index (κ1) is 9.24. The van der Waals surface area contributed by atoms with Crippen molar-refractivity contribution in [3.63, 3.8) is 0 Å². The second-order valence-corrected chi connectivity index (χ2v) is 3.56. The van der Waals surface area contributed by atoms with Gasteiger partial charge in [-0.25, -0.2) is 0 Å². The van der Waals surface area contributed by atoms with Crippen molar-refractivity contribution in [3.05, 3.63) is 11.8 Å². The van der Waals surface area contributed by atoms with Crippen LogP contribution in [0, 0.1) is 0 Å². The molecule has 2 unspecified atom stereocenters. The Kier molecular flexibility index (Phi) is 3.11. The van der Waals surface area contributed by atoms with Gasteiger partial charge in [0.05, 0.1) is 29.0 Å². The molecule has 0 aromatic carbocycles. The van der Waals surface area contributed by atoms with E-state index in [2.05, 4.69) is 28.2 Å². The largest absolute Gasteiger partial charge is 0.348 e. The summed E-state index contributed by atoms with van der Waals surface area (Å²) in [7, 11) is 1.64. The van der Waals surface area contributed by atoms with E-state index in [1.807, 2.05) is 16.2 Å². The molecule has 0 bridgehead atoms. The van der Waals surface area contributed by atoms with Crippen LogP contribution in [0.4, 0.5) is 0 Å². The molecule has 0 spiro atoms. The minimum atomic E-state index is -0.116. The van der Waals surface area contributed by atoms with Gasteiger partial charge in [0, 0.05) is 13.3 Å². The maximum atomic E-state index is 5.72. The molecule has 0 saturated heterocycles. The first-order valence-electron chi connectivity index (χ1n) is 3.32. The van der Waals surface area contributed by atoms with Crippen LogP contribution in [0.15, 0.2) is 11.8 Å². The Morgan fingerprint density at radius 3 is 3.00 bits per heavy atom. The van der Waals surface area contributed by atoms with Crippen LogP contribution in [0.25, 0.3) is 0 Å². The molecule has 1 rings (SSSR count). The number of nitrogens with one attached hydrogen (secondary N) is 1. The molecule has 64 valence electrons. The summed E-state index contributed by atoms with van der Waals surface area (Å²) >= 11 is 2.16. The second kappa shape index (κ2) is 3.70. The molecule has 2 atom stereocenters. The summed E-state index contributed by atoms with van der Waals surface area (Å²) in [6, 6.07) is 0. The molecule has 0 fully saturated rings. The number of nitrogens with zero attached hydrogens (tertiary/aromatic N) is 1. The van der Waals surface area contributed by atoms with Crippen LogP contribution in [0.3, 0.4) is 0 Å². The van der Waals surface area contributed by atoms with Gasteiger partial charge in [-0.15, -0.1) is 0 Å². The zero-order valence-electron chi connectivity index (χ0n) is 6.54. The van der Waals surface area contributed by atoms with Gasteiger partial charge in [0.15, 0.2) is 6.35 Å². The maximum Gasteiger partial charge on any atom is 0.195 e. The molecule has 0 saturated carbocycles. The minimum Gasteiger partial charge on any atom is -0.348 e. The summed E-state index contributed by atoms with van der Waals surface area (Å²) in [4.78, 5) is 0. The van der Waals surface area contributed by atoms with Gasteiger partial charge in [0.25, 0.3) is 0 Å². The van der Waals surface area contributed by atoms with Crippen LogP contribution in [0.5, 0.6) is 0 Å². The summed E-state index contributed by atoms with van der Waals surface area (Å²) in [5, 5.41) is 3.07. The fourth-order valence-electron chi connectivity index (χ4n) is 0.868. The number of hydrogen-bond acceptors (Lipinski definition) is 4. The number of hydrogen-bond donors (Lipinski definition) is 2. The Labute approximate surface area is 80.2 Å². The Balaban J connectivity index is 2.67. The summed E-state index contributed by atoms with van der Waals surface area (Å²) in [5.41, 5.74) is 6.82. The summed E-state index contributed by atoms with van der Waals surface area (Å²) in [5.74, 6) is 0. The van der Waals surface area contributed by atoms with Crippen molar-refractivity contribution in [2.24, 2.45) is 5.73 Å². The van der Waals surface area contributed by atoms with E-state index in [9.17, 15) is 0 Å². The molecular formula is C6H12IN3O. The minimum absolute atomic E-state index is 0.0917. The monoisotopic (exact) mass is 269 g/mol. The number of rotatable bonds is 1. The molecule has 0 radical (unpaired) electrons. The number of nitrogens with two attached hydrogens (primary N) is 1. The molecular weight excluding hydrogens is 257 g/mol. The van der Waals surface area contributed by atoms with Crippen molar-refractivity contribution in [3.8, 4) is 0 Å². The lowest BCUT2D eigenvalue weighted by Crippen LogP contribution is -2.53. The van der Waals surface area contributed by atoms with E-state index in [4.69, 9.17) is 10.5 Å². The average Bonchev–Trinajstić information content (AvgIpc) is 1.97. The lowest BCUT2D eigenvalue weighted by atomic mass is 10.2. The maximum absolute atomic E-state index is 5.72. The molecule has 11 heavy (non-hydrogen) atoms. The highest BCUT2D eigenvalue weighted by Gasteiger charge is 2.21. The fourth-order valence-corrected chi connectivity index (χ4v) is 1.70. The Morgan fingerprint density at radius 2 is 2.45 bits per heavy atom. The van der Waals surface area contributed by atoms with Gasteiger partial charge in [-0.05, 0) is 12.5 Å². The van der Waals surface area contributed by atoms with E-state index in [0.29, 0.717) is 0 Å². The molecule has 4 nitrogen and oxygen atoms in total. The predicted molar refractivity (Wildman–Crippen MR) is 51.5 cm³/mol. The van der Waals surface area contributed by atoms with Gasteiger partial charge in [0.1, 0.15) is 0 Å². The van der Waals surface area contributed by atoms with Crippen LogP contribution in [0.1, 0.15) is 6.92 Å². The number of ether oxygens (including phenoxy) is 1. The van der Waals surface area contributed by atoms with E-state index >= 15 is 0 Å². The van der Waals surface area contributed by atoms with Gasteiger partial charge in [0.2, 0.25) is 0 Å². The molecule has 3 N–H and O–H groups in total.